The summed E-state index contributed by atoms with van der Waals surface area (Å²) in [5.74, 6) is -1.05. The molecular weight excluding hydrogens is 306 g/mol. The van der Waals surface area contributed by atoms with E-state index in [1.165, 1.54) is 6.07 Å². The van der Waals surface area contributed by atoms with E-state index in [9.17, 15) is 9.90 Å². The van der Waals surface area contributed by atoms with E-state index in [0.29, 0.717) is 9.13 Å². The van der Waals surface area contributed by atoms with E-state index in [-0.39, 0.29) is 16.3 Å². The smallest absolute Gasteiger partial charge is 0.337 e. The van der Waals surface area contributed by atoms with Crippen molar-refractivity contribution in [2.75, 3.05) is 0 Å². The standard InChI is InChI=1S/C8H6ClIO3/c1-3-2-4(8(12)13)5(9)6(10)7(3)11/h2,11H,1H3,(H,12,13). The molecule has 13 heavy (non-hydrogen) atoms. The van der Waals surface area contributed by atoms with Crippen molar-refractivity contribution in [1.29, 1.82) is 0 Å². The second kappa shape index (κ2) is 3.71. The van der Waals surface area contributed by atoms with Gasteiger partial charge in [0.2, 0.25) is 0 Å². The molecule has 5 heteroatoms. The van der Waals surface area contributed by atoms with Crippen LogP contribution in [0.25, 0.3) is 0 Å². The normalized spacial score (nSPS) is 10.1. The van der Waals surface area contributed by atoms with Gasteiger partial charge in [0.05, 0.1) is 14.2 Å². The SMILES string of the molecule is Cc1cc(C(=O)O)c(Cl)c(I)c1O. The molecule has 0 bridgehead atoms. The molecular formula is C8H6ClIO3. The van der Waals surface area contributed by atoms with E-state index in [1.807, 2.05) is 22.6 Å². The van der Waals surface area contributed by atoms with Gasteiger partial charge in [-0.25, -0.2) is 4.79 Å². The Morgan fingerprint density at radius 2 is 2.15 bits per heavy atom. The molecule has 0 aliphatic carbocycles. The van der Waals surface area contributed by atoms with Crippen LogP contribution >= 0.6 is 34.2 Å². The molecule has 0 aliphatic heterocycles. The maximum absolute atomic E-state index is 10.7. The number of phenolic OH excluding ortho intramolecular Hbond substituents is 1. The number of hydrogen-bond donors (Lipinski definition) is 2. The third kappa shape index (κ3) is 1.88. The third-order valence-electron chi connectivity index (χ3n) is 1.60. The van der Waals surface area contributed by atoms with Gasteiger partial charge >= 0.3 is 5.97 Å². The highest BCUT2D eigenvalue weighted by molar-refractivity contribution is 14.1. The monoisotopic (exact) mass is 312 g/mol. The van der Waals surface area contributed by atoms with Gasteiger partial charge in [0.1, 0.15) is 5.75 Å². The van der Waals surface area contributed by atoms with Crippen molar-refractivity contribution in [2.45, 2.75) is 6.92 Å². The minimum absolute atomic E-state index is 0.0152. The molecule has 0 amide bonds. The van der Waals surface area contributed by atoms with Crippen molar-refractivity contribution in [2.24, 2.45) is 0 Å². The van der Waals surface area contributed by atoms with E-state index in [1.54, 1.807) is 6.92 Å². The molecule has 0 fully saturated rings. The first-order chi connectivity index (χ1) is 5.95. The zero-order valence-electron chi connectivity index (χ0n) is 6.64. The van der Waals surface area contributed by atoms with E-state index in [0.717, 1.165) is 0 Å². The lowest BCUT2D eigenvalue weighted by Crippen LogP contribution is -2.00. The van der Waals surface area contributed by atoms with Crippen molar-refractivity contribution >= 4 is 40.2 Å². The molecule has 0 heterocycles. The number of aromatic carboxylic acids is 1. The Labute approximate surface area is 93.5 Å². The summed E-state index contributed by atoms with van der Waals surface area (Å²) < 4.78 is 0.372. The third-order valence-corrected chi connectivity index (χ3v) is 3.36. The molecule has 0 aromatic heterocycles. The van der Waals surface area contributed by atoms with Gasteiger partial charge < -0.3 is 10.2 Å². The highest BCUT2D eigenvalue weighted by atomic mass is 127. The lowest BCUT2D eigenvalue weighted by atomic mass is 10.1. The predicted octanol–water partition coefficient (Wildman–Crippen LogP) is 2.66. The first kappa shape index (κ1) is 10.6. The summed E-state index contributed by atoms with van der Waals surface area (Å²) in [4.78, 5) is 10.7. The summed E-state index contributed by atoms with van der Waals surface area (Å²) in [7, 11) is 0. The summed E-state index contributed by atoms with van der Waals surface area (Å²) in [5.41, 5.74) is 0.521. The number of aryl methyl sites for hydroxylation is 1. The maximum Gasteiger partial charge on any atom is 0.337 e. The number of aromatic hydroxyl groups is 1. The van der Waals surface area contributed by atoms with Crippen LogP contribution in [0.15, 0.2) is 6.07 Å². The van der Waals surface area contributed by atoms with Crippen LogP contribution in [-0.4, -0.2) is 16.2 Å². The molecule has 70 valence electrons. The quantitative estimate of drug-likeness (QED) is 0.784. The van der Waals surface area contributed by atoms with Crippen LogP contribution in [0.5, 0.6) is 5.75 Å². The molecule has 2 N–H and O–H groups in total. The molecule has 0 spiro atoms. The molecule has 1 rings (SSSR count). The van der Waals surface area contributed by atoms with E-state index < -0.39 is 5.97 Å². The van der Waals surface area contributed by atoms with Gasteiger partial charge in [-0.05, 0) is 41.1 Å². The maximum atomic E-state index is 10.7. The van der Waals surface area contributed by atoms with Crippen molar-refractivity contribution in [3.05, 3.63) is 25.8 Å². The molecule has 1 aromatic carbocycles. The second-order valence-electron chi connectivity index (χ2n) is 2.52. The van der Waals surface area contributed by atoms with Crippen LogP contribution in [0.3, 0.4) is 0 Å². The highest BCUT2D eigenvalue weighted by Gasteiger charge is 2.16. The number of carboxylic acids is 1. The Morgan fingerprint density at radius 1 is 1.62 bits per heavy atom. The van der Waals surface area contributed by atoms with Crippen LogP contribution in [0.4, 0.5) is 0 Å². The molecule has 0 atom stereocenters. The van der Waals surface area contributed by atoms with Gasteiger partial charge in [-0.1, -0.05) is 11.6 Å². The highest BCUT2D eigenvalue weighted by Crippen LogP contribution is 2.33. The zero-order valence-corrected chi connectivity index (χ0v) is 9.55. The number of rotatable bonds is 1. The lowest BCUT2D eigenvalue weighted by Gasteiger charge is -2.06. The van der Waals surface area contributed by atoms with Gasteiger partial charge in [0, 0.05) is 0 Å². The molecule has 0 aliphatic rings. The minimum atomic E-state index is -1.09. The fraction of sp³-hybridized carbons (Fsp3) is 0.125. The topological polar surface area (TPSA) is 57.5 Å². The Balaban J connectivity index is 3.50. The van der Waals surface area contributed by atoms with Crippen LogP contribution in [0.1, 0.15) is 15.9 Å². The largest absolute Gasteiger partial charge is 0.507 e. The minimum Gasteiger partial charge on any atom is -0.507 e. The first-order valence-electron chi connectivity index (χ1n) is 3.36. The summed E-state index contributed by atoms with van der Waals surface area (Å²) in [6.07, 6.45) is 0. The van der Waals surface area contributed by atoms with Crippen molar-refractivity contribution < 1.29 is 15.0 Å². The Morgan fingerprint density at radius 3 is 2.62 bits per heavy atom. The average molecular weight is 312 g/mol. The van der Waals surface area contributed by atoms with Crippen LogP contribution < -0.4 is 0 Å². The summed E-state index contributed by atoms with van der Waals surface area (Å²) in [6.45, 7) is 1.63. The van der Waals surface area contributed by atoms with E-state index in [2.05, 4.69) is 0 Å². The lowest BCUT2D eigenvalue weighted by molar-refractivity contribution is 0.0697. The van der Waals surface area contributed by atoms with Crippen molar-refractivity contribution in [3.8, 4) is 5.75 Å². The van der Waals surface area contributed by atoms with Crippen LogP contribution in [0, 0.1) is 10.5 Å². The number of hydrogen-bond acceptors (Lipinski definition) is 2. The van der Waals surface area contributed by atoms with Gasteiger partial charge in [0.25, 0.3) is 0 Å². The predicted molar refractivity (Wildman–Crippen MR) is 57.5 cm³/mol. The fourth-order valence-corrected chi connectivity index (χ4v) is 1.84. The van der Waals surface area contributed by atoms with Crippen molar-refractivity contribution in [1.82, 2.24) is 0 Å². The van der Waals surface area contributed by atoms with Gasteiger partial charge in [-0.3, -0.25) is 0 Å². The molecule has 0 saturated heterocycles. The molecule has 0 radical (unpaired) electrons. The number of carboxylic acid groups (broad SMARTS) is 1. The first-order valence-corrected chi connectivity index (χ1v) is 4.81. The number of phenols is 1. The van der Waals surface area contributed by atoms with Crippen LogP contribution in [-0.2, 0) is 0 Å². The van der Waals surface area contributed by atoms with Gasteiger partial charge in [-0.2, -0.15) is 0 Å². The molecule has 1 aromatic rings. The summed E-state index contributed by atoms with van der Waals surface area (Å²) in [6, 6.07) is 1.35. The number of carbonyl (C=O) groups is 1. The van der Waals surface area contributed by atoms with Crippen LogP contribution in [0.2, 0.25) is 5.02 Å². The Hall–Kier alpha value is -0.490. The van der Waals surface area contributed by atoms with Gasteiger partial charge in [0.15, 0.2) is 0 Å². The second-order valence-corrected chi connectivity index (χ2v) is 3.98. The molecule has 0 saturated carbocycles. The Bertz CT molecular complexity index is 376. The average Bonchev–Trinajstić information content (AvgIpc) is 2.07. The van der Waals surface area contributed by atoms with E-state index in [4.69, 9.17) is 16.7 Å². The number of benzene rings is 1. The fourth-order valence-electron chi connectivity index (χ4n) is 0.899. The molecule has 3 nitrogen and oxygen atoms in total. The zero-order chi connectivity index (χ0) is 10.2. The van der Waals surface area contributed by atoms with Crippen molar-refractivity contribution in [3.63, 3.8) is 0 Å². The molecule has 0 unspecified atom stereocenters. The van der Waals surface area contributed by atoms with Gasteiger partial charge in [-0.15, -0.1) is 0 Å². The summed E-state index contributed by atoms with van der Waals surface area (Å²) in [5, 5.41) is 18.2. The van der Waals surface area contributed by atoms with E-state index >= 15 is 0 Å². The number of halogens is 2. The Kier molecular flexibility index (Phi) is 3.02. The summed E-state index contributed by atoms with van der Waals surface area (Å²) >= 11 is 7.53.